The predicted octanol–water partition coefficient (Wildman–Crippen LogP) is 2.87. The highest BCUT2D eigenvalue weighted by atomic mass is 79.9. The number of nitrogens with one attached hydrogen (secondary N) is 1. The fraction of sp³-hybridized carbons (Fsp3) is 0.0833. The number of hydrogen-bond donors (Lipinski definition) is 1. The van der Waals surface area contributed by atoms with Gasteiger partial charge in [-0.25, -0.2) is 4.39 Å². The van der Waals surface area contributed by atoms with Gasteiger partial charge in [-0.3, -0.25) is 4.79 Å². The summed E-state index contributed by atoms with van der Waals surface area (Å²) in [6, 6.07) is 9.38. The quantitative estimate of drug-likeness (QED) is 0.902. The summed E-state index contributed by atoms with van der Waals surface area (Å²) in [4.78, 5) is 13.9. The first kappa shape index (κ1) is 11.1. The number of aromatic amines is 1. The van der Waals surface area contributed by atoms with Crippen molar-refractivity contribution in [3.8, 4) is 0 Å². The molecule has 1 heterocycles. The summed E-state index contributed by atoms with van der Waals surface area (Å²) in [5.41, 5.74) is 1.60. The zero-order chi connectivity index (χ0) is 11.5. The summed E-state index contributed by atoms with van der Waals surface area (Å²) in [7, 11) is 0. The van der Waals surface area contributed by atoms with E-state index in [-0.39, 0.29) is 11.4 Å². The molecule has 82 valence electrons. The molecule has 1 N–H and O–H groups in total. The molecule has 0 aliphatic carbocycles. The maximum Gasteiger partial charge on any atom is 0.248 e. The minimum absolute atomic E-state index is 0.139. The van der Waals surface area contributed by atoms with E-state index in [1.165, 1.54) is 18.2 Å². The largest absolute Gasteiger partial charge is 0.325 e. The summed E-state index contributed by atoms with van der Waals surface area (Å²) < 4.78 is 13.5. The molecule has 0 unspecified atom stereocenters. The molecule has 4 heteroatoms. The maximum atomic E-state index is 12.7. The predicted molar refractivity (Wildman–Crippen MR) is 64.0 cm³/mol. The van der Waals surface area contributed by atoms with E-state index in [1.807, 2.05) is 0 Å². The van der Waals surface area contributed by atoms with Gasteiger partial charge in [-0.05, 0) is 39.7 Å². The smallest absolute Gasteiger partial charge is 0.248 e. The van der Waals surface area contributed by atoms with Gasteiger partial charge in [0.15, 0.2) is 0 Å². The molecule has 0 aliphatic heterocycles. The van der Waals surface area contributed by atoms with Gasteiger partial charge in [0.2, 0.25) is 5.56 Å². The lowest BCUT2D eigenvalue weighted by Gasteiger charge is -2.04. The Balaban J connectivity index is 2.30. The van der Waals surface area contributed by atoms with Crippen molar-refractivity contribution in [2.75, 3.05) is 0 Å². The lowest BCUT2D eigenvalue weighted by molar-refractivity contribution is 0.627. The van der Waals surface area contributed by atoms with Crippen LogP contribution in [0.4, 0.5) is 4.39 Å². The Morgan fingerprint density at radius 2 is 1.81 bits per heavy atom. The normalized spacial score (nSPS) is 10.4. The van der Waals surface area contributed by atoms with Crippen LogP contribution in [-0.4, -0.2) is 4.98 Å². The number of pyridine rings is 1. The molecule has 0 spiro atoms. The summed E-state index contributed by atoms with van der Waals surface area (Å²) >= 11 is 3.36. The van der Waals surface area contributed by atoms with Crippen LogP contribution in [0, 0.1) is 5.82 Å². The van der Waals surface area contributed by atoms with Crippen LogP contribution in [0.2, 0.25) is 0 Å². The fourth-order valence-corrected chi connectivity index (χ4v) is 1.81. The number of halogens is 2. The van der Waals surface area contributed by atoms with Gasteiger partial charge in [0, 0.05) is 22.7 Å². The van der Waals surface area contributed by atoms with Gasteiger partial charge in [-0.2, -0.15) is 0 Å². The first-order valence-electron chi connectivity index (χ1n) is 4.77. The van der Waals surface area contributed by atoms with E-state index in [9.17, 15) is 9.18 Å². The fourth-order valence-electron chi connectivity index (χ4n) is 1.43. The molecule has 1 aromatic heterocycles. The highest BCUT2D eigenvalue weighted by molar-refractivity contribution is 9.10. The Bertz CT molecular complexity index is 548. The average Bonchev–Trinajstić information content (AvgIpc) is 2.27. The van der Waals surface area contributed by atoms with E-state index in [0.29, 0.717) is 6.42 Å². The number of hydrogen-bond acceptors (Lipinski definition) is 1. The standard InChI is InChI=1S/C12H9BrFNO/c13-10-5-6-12(16)15-11(10)7-8-1-3-9(14)4-2-8/h1-6H,7H2,(H,15,16). The molecule has 0 amide bonds. The molecule has 2 rings (SSSR count). The third-order valence-electron chi connectivity index (χ3n) is 2.24. The van der Waals surface area contributed by atoms with Gasteiger partial charge in [-0.15, -0.1) is 0 Å². The Labute approximate surface area is 100 Å². The minimum Gasteiger partial charge on any atom is -0.325 e. The first-order chi connectivity index (χ1) is 7.65. The van der Waals surface area contributed by atoms with Crippen molar-refractivity contribution in [2.45, 2.75) is 6.42 Å². The zero-order valence-electron chi connectivity index (χ0n) is 8.34. The van der Waals surface area contributed by atoms with Gasteiger partial charge in [0.1, 0.15) is 5.82 Å². The first-order valence-corrected chi connectivity index (χ1v) is 5.56. The second-order valence-electron chi connectivity index (χ2n) is 3.45. The van der Waals surface area contributed by atoms with Crippen molar-refractivity contribution < 1.29 is 4.39 Å². The van der Waals surface area contributed by atoms with Crippen molar-refractivity contribution in [3.63, 3.8) is 0 Å². The molecule has 0 aliphatic rings. The second kappa shape index (κ2) is 4.61. The molecule has 0 radical (unpaired) electrons. The lowest BCUT2D eigenvalue weighted by Crippen LogP contribution is -2.07. The summed E-state index contributed by atoms with van der Waals surface area (Å²) in [5.74, 6) is -0.260. The van der Waals surface area contributed by atoms with Crippen LogP contribution in [0.3, 0.4) is 0 Å². The topological polar surface area (TPSA) is 32.9 Å². The molecule has 0 saturated carbocycles. The highest BCUT2D eigenvalue weighted by Crippen LogP contribution is 2.16. The molecule has 1 aromatic carbocycles. The van der Waals surface area contributed by atoms with Crippen molar-refractivity contribution in [2.24, 2.45) is 0 Å². The monoisotopic (exact) mass is 281 g/mol. The van der Waals surface area contributed by atoms with E-state index in [1.54, 1.807) is 18.2 Å². The van der Waals surface area contributed by atoms with Crippen molar-refractivity contribution in [1.82, 2.24) is 4.98 Å². The number of benzene rings is 1. The van der Waals surface area contributed by atoms with Gasteiger partial charge in [0.05, 0.1) is 0 Å². The highest BCUT2D eigenvalue weighted by Gasteiger charge is 2.02. The minimum atomic E-state index is -0.260. The Kier molecular flexibility index (Phi) is 3.19. The molecular weight excluding hydrogens is 273 g/mol. The van der Waals surface area contributed by atoms with Gasteiger partial charge >= 0.3 is 0 Å². The molecule has 2 nitrogen and oxygen atoms in total. The van der Waals surface area contributed by atoms with E-state index in [2.05, 4.69) is 20.9 Å². The lowest BCUT2D eigenvalue weighted by atomic mass is 10.1. The molecule has 0 saturated heterocycles. The van der Waals surface area contributed by atoms with E-state index >= 15 is 0 Å². The Morgan fingerprint density at radius 1 is 1.12 bits per heavy atom. The summed E-state index contributed by atoms with van der Waals surface area (Å²) in [6.07, 6.45) is 0.566. The second-order valence-corrected chi connectivity index (χ2v) is 4.31. The van der Waals surface area contributed by atoms with Crippen LogP contribution in [-0.2, 0) is 6.42 Å². The number of H-pyrrole nitrogens is 1. The molecule has 0 fully saturated rings. The van der Waals surface area contributed by atoms with Gasteiger partial charge in [0.25, 0.3) is 0 Å². The van der Waals surface area contributed by atoms with Gasteiger partial charge < -0.3 is 4.98 Å². The van der Waals surface area contributed by atoms with E-state index < -0.39 is 0 Å². The zero-order valence-corrected chi connectivity index (χ0v) is 9.92. The van der Waals surface area contributed by atoms with E-state index in [0.717, 1.165) is 15.7 Å². The third kappa shape index (κ3) is 2.58. The molecule has 2 aromatic rings. The van der Waals surface area contributed by atoms with E-state index in [4.69, 9.17) is 0 Å². The van der Waals surface area contributed by atoms with Crippen LogP contribution >= 0.6 is 15.9 Å². The Morgan fingerprint density at radius 3 is 2.50 bits per heavy atom. The average molecular weight is 282 g/mol. The van der Waals surface area contributed by atoms with Crippen molar-refractivity contribution in [3.05, 3.63) is 68.3 Å². The van der Waals surface area contributed by atoms with Crippen molar-refractivity contribution in [1.29, 1.82) is 0 Å². The maximum absolute atomic E-state index is 12.7. The summed E-state index contributed by atoms with van der Waals surface area (Å²) in [6.45, 7) is 0. The summed E-state index contributed by atoms with van der Waals surface area (Å²) in [5, 5.41) is 0. The van der Waals surface area contributed by atoms with Gasteiger partial charge in [-0.1, -0.05) is 12.1 Å². The van der Waals surface area contributed by atoms with Crippen LogP contribution in [0.25, 0.3) is 0 Å². The van der Waals surface area contributed by atoms with Crippen molar-refractivity contribution >= 4 is 15.9 Å². The number of aromatic nitrogens is 1. The van der Waals surface area contributed by atoms with Crippen LogP contribution in [0.5, 0.6) is 0 Å². The third-order valence-corrected chi connectivity index (χ3v) is 2.98. The molecule has 16 heavy (non-hydrogen) atoms. The van der Waals surface area contributed by atoms with Crippen LogP contribution < -0.4 is 5.56 Å². The van der Waals surface area contributed by atoms with Crippen LogP contribution in [0.15, 0.2) is 45.7 Å². The number of rotatable bonds is 2. The molecule has 0 bridgehead atoms. The van der Waals surface area contributed by atoms with Crippen LogP contribution in [0.1, 0.15) is 11.3 Å². The molecular formula is C12H9BrFNO. The Hall–Kier alpha value is -1.42. The SMILES string of the molecule is O=c1ccc(Br)c(Cc2ccc(F)cc2)[nH]1. The molecule has 0 atom stereocenters.